The molecule has 1 saturated carbocycles. The van der Waals surface area contributed by atoms with Crippen LogP contribution in [0.15, 0.2) is 48.5 Å². The van der Waals surface area contributed by atoms with Crippen molar-refractivity contribution in [2.45, 2.75) is 64.3 Å². The Balaban J connectivity index is 1.37. The molecule has 186 valence electrons. The van der Waals surface area contributed by atoms with E-state index in [-0.39, 0.29) is 11.8 Å². The number of carboxylic acids is 1. The molecular weight excluding hydrogens is 454 g/mol. The zero-order valence-corrected chi connectivity index (χ0v) is 20.5. The molecule has 2 aromatic heterocycles. The van der Waals surface area contributed by atoms with E-state index < -0.39 is 5.97 Å². The van der Waals surface area contributed by atoms with Gasteiger partial charge in [0, 0.05) is 17.9 Å². The first-order valence-electron chi connectivity index (χ1n) is 12.7. The fourth-order valence-electron chi connectivity index (χ4n) is 5.03. The molecule has 2 N–H and O–H groups in total. The van der Waals surface area contributed by atoms with Crippen LogP contribution < -0.4 is 0 Å². The third-order valence-electron chi connectivity index (χ3n) is 7.05. The van der Waals surface area contributed by atoms with E-state index in [1.54, 1.807) is 0 Å². The summed E-state index contributed by atoms with van der Waals surface area (Å²) in [5, 5.41) is 28.7. The van der Waals surface area contributed by atoms with Crippen molar-refractivity contribution in [1.29, 1.82) is 0 Å². The number of hydrogen-bond acceptors (Lipinski definition) is 6. The van der Waals surface area contributed by atoms with Crippen LogP contribution in [0.3, 0.4) is 0 Å². The summed E-state index contributed by atoms with van der Waals surface area (Å²) in [5.74, 6) is 1.79. The first kappa shape index (κ1) is 23.8. The number of carbonyl (C=O) groups is 1. The number of benzene rings is 2. The molecule has 9 heteroatoms. The zero-order chi connectivity index (χ0) is 24.9. The van der Waals surface area contributed by atoms with Gasteiger partial charge in [0.05, 0.1) is 12.5 Å². The lowest BCUT2D eigenvalue weighted by molar-refractivity contribution is -0.142. The lowest BCUT2D eigenvalue weighted by Crippen LogP contribution is -2.22. The minimum Gasteiger partial charge on any atom is -0.481 e. The number of aromatic nitrogens is 7. The van der Waals surface area contributed by atoms with E-state index in [1.165, 1.54) is 0 Å². The van der Waals surface area contributed by atoms with Crippen molar-refractivity contribution in [3.63, 3.8) is 0 Å². The van der Waals surface area contributed by atoms with Gasteiger partial charge in [-0.1, -0.05) is 61.9 Å². The minimum atomic E-state index is -0.681. The molecule has 5 rings (SSSR count). The molecule has 1 fully saturated rings. The summed E-state index contributed by atoms with van der Waals surface area (Å²) < 4.78 is 2.04. The van der Waals surface area contributed by atoms with Crippen molar-refractivity contribution in [3.05, 3.63) is 65.7 Å². The maximum atomic E-state index is 11.4. The topological polar surface area (TPSA) is 122 Å². The van der Waals surface area contributed by atoms with Crippen molar-refractivity contribution in [3.8, 4) is 22.5 Å². The molecule has 0 unspecified atom stereocenters. The number of unbranched alkanes of at least 4 members (excludes halogenated alkanes) is 1. The van der Waals surface area contributed by atoms with Gasteiger partial charge in [0.25, 0.3) is 0 Å². The van der Waals surface area contributed by atoms with Crippen LogP contribution in [-0.2, 0) is 17.8 Å². The second-order valence-electron chi connectivity index (χ2n) is 9.51. The third kappa shape index (κ3) is 5.19. The number of aliphatic carboxylic acids is 1. The van der Waals surface area contributed by atoms with Crippen molar-refractivity contribution >= 4 is 5.97 Å². The summed E-state index contributed by atoms with van der Waals surface area (Å²) >= 11 is 0. The molecule has 0 bridgehead atoms. The predicted octanol–water partition coefficient (Wildman–Crippen LogP) is 4.87. The van der Waals surface area contributed by atoms with Crippen LogP contribution in [0.5, 0.6) is 0 Å². The molecule has 0 spiro atoms. The first-order chi connectivity index (χ1) is 17.6. The lowest BCUT2D eigenvalue weighted by Gasteiger charge is -2.25. The van der Waals surface area contributed by atoms with Crippen molar-refractivity contribution in [2.75, 3.05) is 0 Å². The highest BCUT2D eigenvalue weighted by Gasteiger charge is 2.30. The van der Waals surface area contributed by atoms with Crippen molar-refractivity contribution in [1.82, 2.24) is 35.4 Å². The lowest BCUT2D eigenvalue weighted by atomic mass is 9.81. The second-order valence-corrected chi connectivity index (χ2v) is 9.51. The van der Waals surface area contributed by atoms with E-state index in [9.17, 15) is 9.90 Å². The Labute approximate surface area is 210 Å². The van der Waals surface area contributed by atoms with E-state index in [4.69, 9.17) is 10.1 Å². The smallest absolute Gasteiger partial charge is 0.306 e. The molecule has 2 heterocycles. The Hall–Kier alpha value is -3.88. The van der Waals surface area contributed by atoms with Gasteiger partial charge in [-0.2, -0.15) is 10.3 Å². The number of aryl methyl sites for hydroxylation is 1. The number of rotatable bonds is 9. The monoisotopic (exact) mass is 485 g/mol. The average Bonchev–Trinajstić information content (AvgIpc) is 3.59. The SMILES string of the molecule is CCCCc1nc(C2CCC(C(=O)O)CC2)n(Cc2ccc(-c3ccccc3-c3nn[nH]n3)cc2)n1. The van der Waals surface area contributed by atoms with Crippen LogP contribution >= 0.6 is 0 Å². The molecular formula is C27H31N7O2. The summed E-state index contributed by atoms with van der Waals surface area (Å²) in [6.45, 7) is 2.81. The number of H-pyrrole nitrogens is 1. The van der Waals surface area contributed by atoms with Crippen molar-refractivity contribution in [2.24, 2.45) is 5.92 Å². The molecule has 4 aromatic rings. The zero-order valence-electron chi connectivity index (χ0n) is 20.5. The average molecular weight is 486 g/mol. The van der Waals surface area contributed by atoms with Gasteiger partial charge in [-0.15, -0.1) is 10.2 Å². The Morgan fingerprint density at radius 2 is 1.81 bits per heavy atom. The normalized spacial score (nSPS) is 17.8. The molecule has 0 saturated heterocycles. The van der Waals surface area contributed by atoms with Crippen LogP contribution in [0, 0.1) is 5.92 Å². The van der Waals surface area contributed by atoms with Gasteiger partial charge in [-0.25, -0.2) is 9.67 Å². The van der Waals surface area contributed by atoms with Crippen LogP contribution in [0.4, 0.5) is 0 Å². The molecule has 1 aliphatic carbocycles. The van der Waals surface area contributed by atoms with E-state index >= 15 is 0 Å². The highest BCUT2D eigenvalue weighted by atomic mass is 16.4. The summed E-state index contributed by atoms with van der Waals surface area (Å²) in [5.41, 5.74) is 4.19. The number of hydrogen-bond donors (Lipinski definition) is 2. The van der Waals surface area contributed by atoms with Gasteiger partial charge >= 0.3 is 5.97 Å². The predicted molar refractivity (Wildman–Crippen MR) is 135 cm³/mol. The van der Waals surface area contributed by atoms with E-state index in [0.717, 1.165) is 66.0 Å². The van der Waals surface area contributed by atoms with Crippen LogP contribution in [0.1, 0.15) is 68.6 Å². The fourth-order valence-corrected chi connectivity index (χ4v) is 5.03. The molecule has 1 aliphatic rings. The Bertz CT molecular complexity index is 1290. The van der Waals surface area contributed by atoms with Gasteiger partial charge in [-0.05, 0) is 54.0 Å². The van der Waals surface area contributed by atoms with E-state index in [2.05, 4.69) is 57.9 Å². The summed E-state index contributed by atoms with van der Waals surface area (Å²) in [4.78, 5) is 16.3. The summed E-state index contributed by atoms with van der Waals surface area (Å²) in [6.07, 6.45) is 6.11. The Morgan fingerprint density at radius 1 is 1.06 bits per heavy atom. The number of carboxylic acid groups (broad SMARTS) is 1. The molecule has 0 aliphatic heterocycles. The summed E-state index contributed by atoms with van der Waals surface area (Å²) in [7, 11) is 0. The van der Waals surface area contributed by atoms with Crippen LogP contribution in [0.2, 0.25) is 0 Å². The Morgan fingerprint density at radius 3 is 2.47 bits per heavy atom. The molecule has 0 amide bonds. The summed E-state index contributed by atoms with van der Waals surface area (Å²) in [6, 6.07) is 16.5. The second kappa shape index (κ2) is 10.8. The van der Waals surface area contributed by atoms with Gasteiger partial charge in [0.1, 0.15) is 5.82 Å². The van der Waals surface area contributed by atoms with Gasteiger partial charge in [0.15, 0.2) is 5.82 Å². The van der Waals surface area contributed by atoms with Crippen LogP contribution in [0.25, 0.3) is 22.5 Å². The maximum absolute atomic E-state index is 11.4. The number of nitrogens with one attached hydrogen (secondary N) is 1. The minimum absolute atomic E-state index is 0.236. The molecule has 0 radical (unpaired) electrons. The number of aromatic amines is 1. The highest BCUT2D eigenvalue weighted by Crippen LogP contribution is 2.36. The highest BCUT2D eigenvalue weighted by molar-refractivity contribution is 5.80. The van der Waals surface area contributed by atoms with Gasteiger partial charge in [-0.3, -0.25) is 4.79 Å². The van der Waals surface area contributed by atoms with E-state index in [0.29, 0.717) is 25.2 Å². The largest absolute Gasteiger partial charge is 0.481 e. The quantitative estimate of drug-likeness (QED) is 0.346. The van der Waals surface area contributed by atoms with Gasteiger partial charge < -0.3 is 5.11 Å². The molecule has 2 aromatic carbocycles. The van der Waals surface area contributed by atoms with Crippen molar-refractivity contribution < 1.29 is 9.90 Å². The van der Waals surface area contributed by atoms with Crippen LogP contribution in [-0.4, -0.2) is 46.5 Å². The Kier molecular flexibility index (Phi) is 7.16. The van der Waals surface area contributed by atoms with Gasteiger partial charge in [0.2, 0.25) is 5.82 Å². The third-order valence-corrected chi connectivity index (χ3v) is 7.05. The number of nitrogens with zero attached hydrogens (tertiary/aromatic N) is 6. The molecule has 9 nitrogen and oxygen atoms in total. The maximum Gasteiger partial charge on any atom is 0.306 e. The standard InChI is InChI=1S/C27H31N7O2/c1-2-3-8-24-28-26(20-13-15-21(16-14-20)27(35)36)34(31-24)17-18-9-11-19(12-10-18)22-6-4-5-7-23(22)25-29-32-33-30-25/h4-7,9-12,20-21H,2-3,8,13-17H2,1H3,(H,35,36)(H,29,30,32,33). The first-order valence-corrected chi connectivity index (χ1v) is 12.7. The fraction of sp³-hybridized carbons (Fsp3) is 0.407. The van der Waals surface area contributed by atoms with E-state index in [1.807, 2.05) is 22.9 Å². The molecule has 36 heavy (non-hydrogen) atoms. The molecule has 0 atom stereocenters. The number of tetrazole rings is 1.